The van der Waals surface area contributed by atoms with Crippen molar-refractivity contribution in [3.05, 3.63) is 36.6 Å². The van der Waals surface area contributed by atoms with Crippen LogP contribution in [0.5, 0.6) is 0 Å². The van der Waals surface area contributed by atoms with Crippen LogP contribution in [0.25, 0.3) is 0 Å². The van der Waals surface area contributed by atoms with Crippen molar-refractivity contribution in [3.63, 3.8) is 0 Å². The number of aryl methyl sites for hydroxylation is 1. The summed E-state index contributed by atoms with van der Waals surface area (Å²) in [6.07, 6.45) is 8.81. The van der Waals surface area contributed by atoms with Gasteiger partial charge in [-0.1, -0.05) is 0 Å². The number of nitrogens with zero attached hydrogens (tertiary/aromatic N) is 2. The third kappa shape index (κ3) is 3.21. The third-order valence-corrected chi connectivity index (χ3v) is 2.10. The molecule has 0 aliphatic rings. The number of hydrogen-bond acceptors (Lipinski definition) is 4. The molecule has 0 unspecified atom stereocenters. The van der Waals surface area contributed by atoms with E-state index in [1.165, 1.54) is 6.39 Å². The summed E-state index contributed by atoms with van der Waals surface area (Å²) in [4.78, 5) is 11.1. The number of H-pyrrole nitrogens is 1. The van der Waals surface area contributed by atoms with Gasteiger partial charge < -0.3 is 14.7 Å². The Morgan fingerprint density at radius 3 is 3.20 bits per heavy atom. The first-order valence-electron chi connectivity index (χ1n) is 5.01. The van der Waals surface area contributed by atoms with Gasteiger partial charge in [0.05, 0.1) is 12.7 Å². The molecule has 2 heterocycles. The Kier molecular flexibility index (Phi) is 3.51. The van der Waals surface area contributed by atoms with Gasteiger partial charge in [0.25, 0.3) is 0 Å². The van der Waals surface area contributed by atoms with Crippen molar-refractivity contribution >= 4 is 0 Å². The molecule has 0 atom stereocenters. The molecular weight excluding hydrogens is 192 g/mol. The SMILES string of the molecule is c1c[nH]c(CCCNCc2cnco2)n1. The molecule has 5 heteroatoms. The molecule has 15 heavy (non-hydrogen) atoms. The number of rotatable bonds is 6. The maximum absolute atomic E-state index is 5.09. The predicted octanol–water partition coefficient (Wildman–Crippen LogP) is 1.12. The highest BCUT2D eigenvalue weighted by molar-refractivity contribution is 4.88. The molecule has 0 aromatic carbocycles. The molecule has 0 radical (unpaired) electrons. The molecule has 0 saturated carbocycles. The smallest absolute Gasteiger partial charge is 0.180 e. The predicted molar refractivity (Wildman–Crippen MR) is 55.1 cm³/mol. The molecule has 2 aromatic rings. The molecular formula is C10H14N4O. The van der Waals surface area contributed by atoms with Gasteiger partial charge in [-0.05, 0) is 13.0 Å². The molecule has 0 amide bonds. The molecule has 5 nitrogen and oxygen atoms in total. The van der Waals surface area contributed by atoms with Crippen LogP contribution in [0.15, 0.2) is 29.4 Å². The highest BCUT2D eigenvalue weighted by atomic mass is 16.3. The van der Waals surface area contributed by atoms with Crippen LogP contribution in [0, 0.1) is 0 Å². The largest absolute Gasteiger partial charge is 0.447 e. The zero-order chi connectivity index (χ0) is 10.3. The molecule has 2 rings (SSSR count). The van der Waals surface area contributed by atoms with Crippen LogP contribution in [-0.4, -0.2) is 21.5 Å². The summed E-state index contributed by atoms with van der Waals surface area (Å²) >= 11 is 0. The van der Waals surface area contributed by atoms with Crippen LogP contribution in [0.2, 0.25) is 0 Å². The second-order valence-electron chi connectivity index (χ2n) is 3.28. The fourth-order valence-corrected chi connectivity index (χ4v) is 1.36. The minimum Gasteiger partial charge on any atom is -0.447 e. The Labute approximate surface area is 87.9 Å². The Hall–Kier alpha value is -1.62. The summed E-state index contributed by atoms with van der Waals surface area (Å²) < 4.78 is 5.09. The second-order valence-corrected chi connectivity index (χ2v) is 3.28. The van der Waals surface area contributed by atoms with Gasteiger partial charge in [0.2, 0.25) is 0 Å². The quantitative estimate of drug-likeness (QED) is 0.695. The maximum atomic E-state index is 5.09. The molecule has 0 fully saturated rings. The summed E-state index contributed by atoms with van der Waals surface area (Å²) in [7, 11) is 0. The highest BCUT2D eigenvalue weighted by Crippen LogP contribution is 1.96. The summed E-state index contributed by atoms with van der Waals surface area (Å²) in [6, 6.07) is 0. The van der Waals surface area contributed by atoms with Crippen LogP contribution in [0.1, 0.15) is 18.0 Å². The van der Waals surface area contributed by atoms with E-state index in [4.69, 9.17) is 4.42 Å². The molecule has 0 aliphatic heterocycles. The van der Waals surface area contributed by atoms with Gasteiger partial charge in [-0.25, -0.2) is 9.97 Å². The van der Waals surface area contributed by atoms with E-state index >= 15 is 0 Å². The van der Waals surface area contributed by atoms with Gasteiger partial charge in [0.1, 0.15) is 11.6 Å². The average molecular weight is 206 g/mol. The van der Waals surface area contributed by atoms with Gasteiger partial charge in [-0.3, -0.25) is 0 Å². The monoisotopic (exact) mass is 206 g/mol. The first-order valence-corrected chi connectivity index (χ1v) is 5.01. The highest BCUT2D eigenvalue weighted by Gasteiger charge is 1.96. The summed E-state index contributed by atoms with van der Waals surface area (Å²) in [6.45, 7) is 1.68. The Morgan fingerprint density at radius 1 is 1.47 bits per heavy atom. The number of aromatic amines is 1. The first-order chi connectivity index (χ1) is 7.45. The molecule has 2 N–H and O–H groups in total. The number of nitrogens with one attached hydrogen (secondary N) is 2. The van der Waals surface area contributed by atoms with Gasteiger partial charge in [0.15, 0.2) is 6.39 Å². The van der Waals surface area contributed by atoms with Crippen LogP contribution < -0.4 is 5.32 Å². The van der Waals surface area contributed by atoms with Gasteiger partial charge >= 0.3 is 0 Å². The van der Waals surface area contributed by atoms with Crippen molar-refractivity contribution in [1.29, 1.82) is 0 Å². The Bertz CT molecular complexity index is 318. The standard InChI is InChI=1S/C10H14N4O/c1(2-10-13-4-5-14-10)3-11-6-9-7-12-8-15-9/h4-5,7-8,11H,1-3,6H2,(H,13,14). The maximum Gasteiger partial charge on any atom is 0.180 e. The van der Waals surface area contributed by atoms with E-state index < -0.39 is 0 Å². The number of hydrogen-bond donors (Lipinski definition) is 2. The minimum atomic E-state index is 0.734. The van der Waals surface area contributed by atoms with E-state index in [2.05, 4.69) is 20.3 Å². The number of oxazole rings is 1. The molecule has 2 aromatic heterocycles. The van der Waals surface area contributed by atoms with Crippen molar-refractivity contribution in [3.8, 4) is 0 Å². The fraction of sp³-hybridized carbons (Fsp3) is 0.400. The van der Waals surface area contributed by atoms with Gasteiger partial charge in [-0.2, -0.15) is 0 Å². The lowest BCUT2D eigenvalue weighted by Gasteiger charge is -2.00. The topological polar surface area (TPSA) is 66.7 Å². The number of aromatic nitrogens is 3. The third-order valence-electron chi connectivity index (χ3n) is 2.10. The van der Waals surface area contributed by atoms with Gasteiger partial charge in [0, 0.05) is 18.8 Å². The van der Waals surface area contributed by atoms with E-state index in [0.717, 1.165) is 37.5 Å². The first kappa shape index (κ1) is 9.92. The lowest BCUT2D eigenvalue weighted by Crippen LogP contribution is -2.15. The molecule has 0 aliphatic carbocycles. The van der Waals surface area contributed by atoms with Crippen molar-refractivity contribution in [2.45, 2.75) is 19.4 Å². The van der Waals surface area contributed by atoms with Crippen molar-refractivity contribution in [2.75, 3.05) is 6.54 Å². The molecule has 0 spiro atoms. The van der Waals surface area contributed by atoms with Crippen LogP contribution in [-0.2, 0) is 13.0 Å². The van der Waals surface area contributed by atoms with Crippen molar-refractivity contribution in [1.82, 2.24) is 20.3 Å². The fourth-order valence-electron chi connectivity index (χ4n) is 1.36. The van der Waals surface area contributed by atoms with Gasteiger partial charge in [-0.15, -0.1) is 0 Å². The lowest BCUT2D eigenvalue weighted by atomic mass is 10.3. The van der Waals surface area contributed by atoms with Crippen molar-refractivity contribution in [2.24, 2.45) is 0 Å². The summed E-state index contributed by atoms with van der Waals surface area (Å²) in [5.74, 6) is 1.91. The van der Waals surface area contributed by atoms with Crippen LogP contribution in [0.4, 0.5) is 0 Å². The van der Waals surface area contributed by atoms with E-state index in [0.29, 0.717) is 0 Å². The molecule has 80 valence electrons. The van der Waals surface area contributed by atoms with E-state index in [1.54, 1.807) is 12.4 Å². The Morgan fingerprint density at radius 2 is 2.47 bits per heavy atom. The van der Waals surface area contributed by atoms with Crippen molar-refractivity contribution < 1.29 is 4.42 Å². The Balaban J connectivity index is 1.56. The zero-order valence-electron chi connectivity index (χ0n) is 8.44. The average Bonchev–Trinajstić information content (AvgIpc) is 2.88. The second kappa shape index (κ2) is 5.31. The van der Waals surface area contributed by atoms with E-state index in [1.807, 2.05) is 6.20 Å². The van der Waals surface area contributed by atoms with Crippen LogP contribution in [0.3, 0.4) is 0 Å². The summed E-state index contributed by atoms with van der Waals surface area (Å²) in [5, 5.41) is 3.27. The molecule has 0 bridgehead atoms. The van der Waals surface area contributed by atoms with E-state index in [9.17, 15) is 0 Å². The normalized spacial score (nSPS) is 10.7. The van der Waals surface area contributed by atoms with Crippen LogP contribution >= 0.6 is 0 Å². The summed E-state index contributed by atoms with van der Waals surface area (Å²) in [5.41, 5.74) is 0. The number of imidazole rings is 1. The minimum absolute atomic E-state index is 0.734. The van der Waals surface area contributed by atoms with E-state index in [-0.39, 0.29) is 0 Å². The lowest BCUT2D eigenvalue weighted by molar-refractivity contribution is 0.477. The zero-order valence-corrected chi connectivity index (χ0v) is 8.44. The molecule has 0 saturated heterocycles.